The van der Waals surface area contributed by atoms with Crippen molar-refractivity contribution in [1.29, 1.82) is 0 Å². The van der Waals surface area contributed by atoms with Gasteiger partial charge >= 0.3 is 6.18 Å². The first-order valence-electron chi connectivity index (χ1n) is 6.32. The number of hydrogen-bond donors (Lipinski definition) is 2. The summed E-state index contributed by atoms with van der Waals surface area (Å²) in [7, 11) is 1.30. The Morgan fingerprint density at radius 3 is 2.50 bits per heavy atom. The number of piperazine rings is 1. The van der Waals surface area contributed by atoms with E-state index in [4.69, 9.17) is 4.74 Å². The summed E-state index contributed by atoms with van der Waals surface area (Å²) in [5, 5.41) is 12.9. The molecule has 4 nitrogen and oxygen atoms in total. The zero-order valence-electron chi connectivity index (χ0n) is 11.1. The molecule has 1 aliphatic rings. The molecule has 112 valence electrons. The Kier molecular flexibility index (Phi) is 4.39. The van der Waals surface area contributed by atoms with Gasteiger partial charge in [0.15, 0.2) is 0 Å². The molecule has 1 aromatic rings. The van der Waals surface area contributed by atoms with Gasteiger partial charge in [0.1, 0.15) is 17.5 Å². The van der Waals surface area contributed by atoms with Gasteiger partial charge in [-0.15, -0.1) is 0 Å². The van der Waals surface area contributed by atoms with Crippen LogP contribution in [0.15, 0.2) is 18.2 Å². The molecule has 1 saturated heterocycles. The zero-order chi connectivity index (χ0) is 14.8. The van der Waals surface area contributed by atoms with Crippen LogP contribution in [-0.2, 0) is 0 Å². The number of aromatic hydroxyl groups is 1. The van der Waals surface area contributed by atoms with Crippen LogP contribution in [0.1, 0.15) is 11.6 Å². The summed E-state index contributed by atoms with van der Waals surface area (Å²) in [5.74, 6) is -0.351. The van der Waals surface area contributed by atoms with Crippen molar-refractivity contribution in [3.63, 3.8) is 0 Å². The molecular formula is C13H17F3N2O2. The first-order chi connectivity index (χ1) is 9.45. The first kappa shape index (κ1) is 14.9. The number of nitrogens with one attached hydrogen (secondary N) is 1. The molecule has 0 aliphatic carbocycles. The van der Waals surface area contributed by atoms with E-state index in [0.717, 1.165) is 0 Å². The summed E-state index contributed by atoms with van der Waals surface area (Å²) < 4.78 is 45.4. The lowest BCUT2D eigenvalue weighted by Crippen LogP contribution is -2.49. The van der Waals surface area contributed by atoms with Crippen molar-refractivity contribution in [1.82, 2.24) is 10.2 Å². The summed E-state index contributed by atoms with van der Waals surface area (Å²) in [4.78, 5) is 1.31. The monoisotopic (exact) mass is 290 g/mol. The summed E-state index contributed by atoms with van der Waals surface area (Å²) >= 11 is 0. The van der Waals surface area contributed by atoms with Gasteiger partial charge in [0.25, 0.3) is 0 Å². The summed E-state index contributed by atoms with van der Waals surface area (Å²) in [5.41, 5.74) is -0.218. The summed E-state index contributed by atoms with van der Waals surface area (Å²) in [6.07, 6.45) is -4.48. The molecule has 1 fully saturated rings. The van der Waals surface area contributed by atoms with Crippen molar-refractivity contribution in [3.8, 4) is 11.5 Å². The number of ether oxygens (including phenoxy) is 1. The van der Waals surface area contributed by atoms with Crippen LogP contribution in [0.4, 0.5) is 13.2 Å². The Morgan fingerprint density at radius 2 is 1.95 bits per heavy atom. The Bertz CT molecular complexity index is 459. The molecule has 0 aromatic heterocycles. The van der Waals surface area contributed by atoms with Gasteiger partial charge in [-0.1, -0.05) is 6.07 Å². The van der Waals surface area contributed by atoms with Gasteiger partial charge in [-0.25, -0.2) is 0 Å². The lowest BCUT2D eigenvalue weighted by molar-refractivity contribution is -0.188. The van der Waals surface area contributed by atoms with E-state index < -0.39 is 18.0 Å². The second-order valence-electron chi connectivity index (χ2n) is 4.62. The fourth-order valence-electron chi connectivity index (χ4n) is 2.48. The fourth-order valence-corrected chi connectivity index (χ4v) is 2.48. The molecule has 0 spiro atoms. The van der Waals surface area contributed by atoms with E-state index >= 15 is 0 Å². The lowest BCUT2D eigenvalue weighted by atomic mass is 10.0. The van der Waals surface area contributed by atoms with Crippen molar-refractivity contribution in [2.24, 2.45) is 0 Å². The third-order valence-corrected chi connectivity index (χ3v) is 3.36. The molecule has 1 aromatic carbocycles. The van der Waals surface area contributed by atoms with E-state index in [2.05, 4.69) is 5.32 Å². The van der Waals surface area contributed by atoms with Crippen molar-refractivity contribution < 1.29 is 23.0 Å². The highest BCUT2D eigenvalue weighted by Gasteiger charge is 2.47. The van der Waals surface area contributed by atoms with Crippen LogP contribution in [0, 0.1) is 0 Å². The number of phenolic OH excluding ortho intramolecular Hbond substituents is 1. The van der Waals surface area contributed by atoms with Crippen LogP contribution in [0.2, 0.25) is 0 Å². The van der Waals surface area contributed by atoms with Crippen molar-refractivity contribution in [2.45, 2.75) is 12.2 Å². The van der Waals surface area contributed by atoms with Crippen molar-refractivity contribution in [3.05, 3.63) is 23.8 Å². The Labute approximate surface area is 115 Å². The smallest absolute Gasteiger partial charge is 0.408 e. The number of alkyl halides is 3. The predicted molar refractivity (Wildman–Crippen MR) is 67.9 cm³/mol. The minimum Gasteiger partial charge on any atom is -0.507 e. The van der Waals surface area contributed by atoms with E-state index in [9.17, 15) is 18.3 Å². The highest BCUT2D eigenvalue weighted by molar-refractivity contribution is 5.46. The molecule has 0 saturated carbocycles. The fraction of sp³-hybridized carbons (Fsp3) is 0.538. The maximum absolute atomic E-state index is 13.5. The molecule has 2 rings (SSSR count). The van der Waals surface area contributed by atoms with Gasteiger partial charge in [-0.05, 0) is 12.1 Å². The summed E-state index contributed by atoms with van der Waals surface area (Å²) in [6.45, 7) is 1.51. The number of halogens is 3. The van der Waals surface area contributed by atoms with E-state index in [1.165, 1.54) is 30.2 Å². The molecular weight excluding hydrogens is 273 g/mol. The van der Waals surface area contributed by atoms with Crippen LogP contribution in [0.3, 0.4) is 0 Å². The Hall–Kier alpha value is -1.47. The number of hydrogen-bond acceptors (Lipinski definition) is 4. The number of nitrogens with zero attached hydrogens (tertiary/aromatic N) is 1. The van der Waals surface area contributed by atoms with E-state index in [-0.39, 0.29) is 24.4 Å². The van der Waals surface area contributed by atoms with Gasteiger partial charge in [0.2, 0.25) is 0 Å². The highest BCUT2D eigenvalue weighted by Crippen LogP contribution is 2.45. The van der Waals surface area contributed by atoms with Crippen molar-refractivity contribution >= 4 is 0 Å². The number of methoxy groups -OCH3 is 1. The topological polar surface area (TPSA) is 44.7 Å². The average molecular weight is 290 g/mol. The van der Waals surface area contributed by atoms with E-state index in [0.29, 0.717) is 13.1 Å². The molecule has 7 heteroatoms. The average Bonchev–Trinajstić information content (AvgIpc) is 2.40. The Morgan fingerprint density at radius 1 is 1.30 bits per heavy atom. The van der Waals surface area contributed by atoms with Crippen LogP contribution in [-0.4, -0.2) is 49.5 Å². The van der Waals surface area contributed by atoms with Crippen LogP contribution >= 0.6 is 0 Å². The van der Waals surface area contributed by atoms with Gasteiger partial charge < -0.3 is 15.2 Å². The normalized spacial score (nSPS) is 18.8. The van der Waals surface area contributed by atoms with Gasteiger partial charge in [0.05, 0.1) is 12.7 Å². The number of benzene rings is 1. The predicted octanol–water partition coefficient (Wildman–Crippen LogP) is 1.91. The zero-order valence-corrected chi connectivity index (χ0v) is 11.1. The third kappa shape index (κ3) is 2.99. The van der Waals surface area contributed by atoms with E-state index in [1.54, 1.807) is 0 Å². The van der Waals surface area contributed by atoms with Crippen LogP contribution in [0.5, 0.6) is 11.5 Å². The molecule has 1 aliphatic heterocycles. The van der Waals surface area contributed by atoms with Gasteiger partial charge in [-0.2, -0.15) is 13.2 Å². The molecule has 1 atom stereocenters. The van der Waals surface area contributed by atoms with Gasteiger partial charge in [-0.3, -0.25) is 4.90 Å². The third-order valence-electron chi connectivity index (χ3n) is 3.36. The largest absolute Gasteiger partial charge is 0.507 e. The maximum atomic E-state index is 13.5. The molecule has 20 heavy (non-hydrogen) atoms. The Balaban J connectivity index is 2.46. The van der Waals surface area contributed by atoms with Crippen LogP contribution in [0.25, 0.3) is 0 Å². The highest BCUT2D eigenvalue weighted by atomic mass is 19.4. The van der Waals surface area contributed by atoms with Gasteiger partial charge in [0, 0.05) is 26.2 Å². The molecule has 0 bridgehead atoms. The van der Waals surface area contributed by atoms with E-state index in [1.807, 2.05) is 0 Å². The molecule has 0 amide bonds. The quantitative estimate of drug-likeness (QED) is 0.892. The second-order valence-corrected chi connectivity index (χ2v) is 4.62. The van der Waals surface area contributed by atoms with Crippen molar-refractivity contribution in [2.75, 3.05) is 33.3 Å². The van der Waals surface area contributed by atoms with Crippen LogP contribution < -0.4 is 10.1 Å². The maximum Gasteiger partial charge on any atom is 0.408 e. The number of rotatable bonds is 3. The molecule has 2 N–H and O–H groups in total. The molecule has 0 radical (unpaired) electrons. The summed E-state index contributed by atoms with van der Waals surface area (Å²) in [6, 6.07) is 2.28. The second kappa shape index (κ2) is 5.88. The minimum atomic E-state index is -4.48. The lowest BCUT2D eigenvalue weighted by Gasteiger charge is -2.36. The minimum absolute atomic E-state index is 0.0471. The molecule has 1 heterocycles. The molecule has 0 unspecified atom stereocenters. The first-order valence-corrected chi connectivity index (χ1v) is 6.32. The SMILES string of the molecule is COc1cccc(O)c1[C@H](N1CCNCC1)C(F)(F)F. The number of phenols is 1. The standard InChI is InChI=1S/C13H17F3N2O2/c1-20-10-4-2-3-9(19)11(10)12(13(14,15)16)18-7-5-17-6-8-18/h2-4,12,17,19H,5-8H2,1H3/t12-/m0/s1.